The molecule has 1 aliphatic rings. The minimum atomic E-state index is -4.06. The quantitative estimate of drug-likeness (QED) is 0.652. The minimum absolute atomic E-state index is 0.0824. The standard InChI is InChI=1S/C18H20F3N/c19-18(20,21)12-2-1-3-14-4-8-16(9-5-14)17-10-6-15(13-22)7-11-17/h1,3,6-7,10-11,14,16H,2,4-5,8-9,12H2/t14-,16-. The van der Waals surface area contributed by atoms with Crippen LogP contribution >= 0.6 is 0 Å². The van der Waals surface area contributed by atoms with Gasteiger partial charge in [-0.1, -0.05) is 24.3 Å². The maximum atomic E-state index is 12.1. The van der Waals surface area contributed by atoms with Gasteiger partial charge in [-0.05, 0) is 61.6 Å². The Morgan fingerprint density at radius 2 is 1.73 bits per heavy atom. The summed E-state index contributed by atoms with van der Waals surface area (Å²) in [6, 6.07) is 9.84. The Labute approximate surface area is 129 Å². The van der Waals surface area contributed by atoms with Crippen LogP contribution in [0.25, 0.3) is 0 Å². The fraction of sp³-hybridized carbons (Fsp3) is 0.500. The van der Waals surface area contributed by atoms with Crippen molar-refractivity contribution in [3.63, 3.8) is 0 Å². The molecule has 1 saturated carbocycles. The summed E-state index contributed by atoms with van der Waals surface area (Å²) in [7, 11) is 0. The van der Waals surface area contributed by atoms with Crippen molar-refractivity contribution in [3.8, 4) is 6.07 Å². The Morgan fingerprint density at radius 3 is 2.27 bits per heavy atom. The molecule has 4 heteroatoms. The Balaban J connectivity index is 1.78. The topological polar surface area (TPSA) is 23.8 Å². The predicted molar refractivity (Wildman–Crippen MR) is 80.3 cm³/mol. The second kappa shape index (κ2) is 7.49. The molecule has 0 unspecified atom stereocenters. The summed E-state index contributed by atoms with van der Waals surface area (Å²) in [5, 5.41) is 8.80. The average Bonchev–Trinajstić information content (AvgIpc) is 2.51. The lowest BCUT2D eigenvalue weighted by Crippen LogP contribution is -2.12. The summed E-state index contributed by atoms with van der Waals surface area (Å²) in [5.74, 6) is 0.912. The highest BCUT2D eigenvalue weighted by atomic mass is 19.4. The predicted octanol–water partition coefficient (Wildman–Crippen LogP) is 5.73. The Morgan fingerprint density at radius 1 is 1.09 bits per heavy atom. The van der Waals surface area contributed by atoms with Gasteiger partial charge in [0.2, 0.25) is 0 Å². The molecule has 0 spiro atoms. The molecule has 118 valence electrons. The van der Waals surface area contributed by atoms with Gasteiger partial charge in [0.1, 0.15) is 0 Å². The van der Waals surface area contributed by atoms with Crippen LogP contribution in [0, 0.1) is 17.2 Å². The van der Waals surface area contributed by atoms with Gasteiger partial charge in [0.25, 0.3) is 0 Å². The molecule has 0 amide bonds. The molecule has 1 aromatic rings. The summed E-state index contributed by atoms with van der Waals surface area (Å²) in [5.41, 5.74) is 1.93. The van der Waals surface area contributed by atoms with Crippen molar-refractivity contribution in [2.75, 3.05) is 0 Å². The van der Waals surface area contributed by atoms with Crippen molar-refractivity contribution in [1.29, 1.82) is 5.26 Å². The van der Waals surface area contributed by atoms with E-state index in [9.17, 15) is 13.2 Å². The number of halogens is 3. The van der Waals surface area contributed by atoms with Crippen LogP contribution in [0.3, 0.4) is 0 Å². The van der Waals surface area contributed by atoms with E-state index in [1.807, 2.05) is 30.3 Å². The van der Waals surface area contributed by atoms with Gasteiger partial charge >= 0.3 is 6.18 Å². The lowest BCUT2D eigenvalue weighted by atomic mass is 9.78. The van der Waals surface area contributed by atoms with Crippen LogP contribution in [0.1, 0.15) is 55.6 Å². The number of nitriles is 1. The first-order chi connectivity index (χ1) is 10.5. The second-order valence-electron chi connectivity index (χ2n) is 5.93. The van der Waals surface area contributed by atoms with E-state index in [0.29, 0.717) is 17.4 Å². The Kier molecular flexibility index (Phi) is 5.65. The lowest BCUT2D eigenvalue weighted by Gasteiger charge is -2.27. The monoisotopic (exact) mass is 307 g/mol. The van der Waals surface area contributed by atoms with E-state index in [1.54, 1.807) is 6.08 Å². The van der Waals surface area contributed by atoms with Crippen LogP contribution in [0.4, 0.5) is 13.2 Å². The maximum Gasteiger partial charge on any atom is 0.389 e. The molecular formula is C18H20F3N. The fourth-order valence-electron chi connectivity index (χ4n) is 3.01. The number of rotatable bonds is 4. The molecule has 0 N–H and O–H groups in total. The zero-order valence-electron chi connectivity index (χ0n) is 12.4. The molecule has 0 radical (unpaired) electrons. The van der Waals surface area contributed by atoms with Crippen LogP contribution in [-0.2, 0) is 0 Å². The van der Waals surface area contributed by atoms with Crippen LogP contribution in [0.5, 0.6) is 0 Å². The smallest absolute Gasteiger partial charge is 0.192 e. The van der Waals surface area contributed by atoms with Gasteiger partial charge in [0.15, 0.2) is 0 Å². The molecule has 2 rings (SSSR count). The van der Waals surface area contributed by atoms with Gasteiger partial charge in [-0.25, -0.2) is 0 Å². The zero-order valence-corrected chi connectivity index (χ0v) is 12.4. The van der Waals surface area contributed by atoms with Crippen LogP contribution < -0.4 is 0 Å². The van der Waals surface area contributed by atoms with E-state index in [4.69, 9.17) is 5.26 Å². The van der Waals surface area contributed by atoms with Crippen LogP contribution in [0.2, 0.25) is 0 Å². The number of nitrogens with zero attached hydrogens (tertiary/aromatic N) is 1. The Hall–Kier alpha value is -1.76. The van der Waals surface area contributed by atoms with Crippen molar-refractivity contribution < 1.29 is 13.2 Å². The van der Waals surface area contributed by atoms with E-state index < -0.39 is 12.6 Å². The average molecular weight is 307 g/mol. The molecule has 0 bridgehead atoms. The molecule has 0 saturated heterocycles. The first-order valence-corrected chi connectivity index (χ1v) is 7.71. The van der Waals surface area contributed by atoms with Crippen LogP contribution in [0.15, 0.2) is 36.4 Å². The van der Waals surface area contributed by atoms with Crippen molar-refractivity contribution in [1.82, 2.24) is 0 Å². The summed E-state index contributed by atoms with van der Waals surface area (Å²) in [4.78, 5) is 0. The first-order valence-electron chi connectivity index (χ1n) is 7.71. The van der Waals surface area contributed by atoms with Crippen molar-refractivity contribution in [2.45, 2.75) is 50.6 Å². The SMILES string of the molecule is N#Cc1ccc([C@H]2CC[C@H](C=CCCC(F)(F)F)CC2)cc1. The lowest BCUT2D eigenvalue weighted by molar-refractivity contribution is -0.133. The Bertz CT molecular complexity index is 529. The van der Waals surface area contributed by atoms with E-state index in [1.165, 1.54) is 5.56 Å². The third kappa shape index (κ3) is 5.22. The van der Waals surface area contributed by atoms with Crippen molar-refractivity contribution in [2.24, 2.45) is 5.92 Å². The third-order valence-corrected chi connectivity index (χ3v) is 4.29. The van der Waals surface area contributed by atoms with Gasteiger partial charge < -0.3 is 0 Å². The van der Waals surface area contributed by atoms with Gasteiger partial charge in [-0.3, -0.25) is 0 Å². The van der Waals surface area contributed by atoms with Crippen molar-refractivity contribution >= 4 is 0 Å². The number of benzene rings is 1. The first kappa shape index (κ1) is 16.6. The summed E-state index contributed by atoms with van der Waals surface area (Å²) < 4.78 is 36.2. The molecule has 0 atom stereocenters. The molecule has 1 nitrogen and oxygen atoms in total. The minimum Gasteiger partial charge on any atom is -0.192 e. The number of alkyl halides is 3. The van der Waals surface area contributed by atoms with Gasteiger partial charge in [0, 0.05) is 6.42 Å². The van der Waals surface area contributed by atoms with E-state index in [-0.39, 0.29) is 6.42 Å². The highest BCUT2D eigenvalue weighted by Crippen LogP contribution is 2.36. The van der Waals surface area contributed by atoms with E-state index >= 15 is 0 Å². The van der Waals surface area contributed by atoms with Gasteiger partial charge in [-0.2, -0.15) is 18.4 Å². The normalized spacial score (nSPS) is 22.6. The largest absolute Gasteiger partial charge is 0.389 e. The zero-order chi connectivity index (χ0) is 16.0. The highest BCUT2D eigenvalue weighted by Gasteiger charge is 2.25. The van der Waals surface area contributed by atoms with E-state index in [2.05, 4.69) is 6.07 Å². The maximum absolute atomic E-state index is 12.1. The fourth-order valence-corrected chi connectivity index (χ4v) is 3.01. The molecular weight excluding hydrogens is 287 g/mol. The van der Waals surface area contributed by atoms with Gasteiger partial charge in [0.05, 0.1) is 11.6 Å². The highest BCUT2D eigenvalue weighted by molar-refractivity contribution is 5.33. The van der Waals surface area contributed by atoms with E-state index in [0.717, 1.165) is 25.7 Å². The van der Waals surface area contributed by atoms with Crippen molar-refractivity contribution in [3.05, 3.63) is 47.5 Å². The molecule has 1 aliphatic carbocycles. The molecule has 22 heavy (non-hydrogen) atoms. The summed E-state index contributed by atoms with van der Waals surface area (Å²) in [6.07, 6.45) is 3.09. The third-order valence-electron chi connectivity index (χ3n) is 4.29. The molecule has 0 aliphatic heterocycles. The molecule has 0 aromatic heterocycles. The summed E-state index contributed by atoms with van der Waals surface area (Å²) >= 11 is 0. The molecule has 0 heterocycles. The summed E-state index contributed by atoms with van der Waals surface area (Å²) in [6.45, 7) is 0. The molecule has 1 aromatic carbocycles. The van der Waals surface area contributed by atoms with Gasteiger partial charge in [-0.15, -0.1) is 0 Å². The number of hydrogen-bond acceptors (Lipinski definition) is 1. The van der Waals surface area contributed by atoms with Crippen LogP contribution in [-0.4, -0.2) is 6.18 Å². The number of hydrogen-bond donors (Lipinski definition) is 0. The molecule has 1 fully saturated rings. The second-order valence-corrected chi connectivity index (χ2v) is 5.93. The number of allylic oxidation sites excluding steroid dienone is 2.